The van der Waals surface area contributed by atoms with E-state index in [9.17, 15) is 16.8 Å². The summed E-state index contributed by atoms with van der Waals surface area (Å²) in [7, 11) is -6.98. The SMILES string of the molecule is CC1(NS(=O)(=O)c2ccc(Cl)c(Br)c2)CCS(=O)(=O)C1. The molecule has 1 heterocycles. The maximum atomic E-state index is 12.3. The number of sulfone groups is 1. The second-order valence-electron chi connectivity index (χ2n) is 5.08. The molecule has 0 amide bonds. The average Bonchev–Trinajstić information content (AvgIpc) is 2.55. The van der Waals surface area contributed by atoms with Crippen LogP contribution in [-0.4, -0.2) is 33.9 Å². The van der Waals surface area contributed by atoms with Gasteiger partial charge in [-0.1, -0.05) is 11.6 Å². The predicted octanol–water partition coefficient (Wildman–Crippen LogP) is 1.96. The minimum Gasteiger partial charge on any atom is -0.229 e. The molecule has 1 fully saturated rings. The number of sulfonamides is 1. The van der Waals surface area contributed by atoms with Gasteiger partial charge in [-0.3, -0.25) is 0 Å². The Bertz CT molecular complexity index is 748. The molecule has 1 aromatic carbocycles. The fourth-order valence-corrected chi connectivity index (χ4v) is 6.41. The van der Waals surface area contributed by atoms with Gasteiger partial charge >= 0.3 is 0 Å². The Morgan fingerprint density at radius 2 is 2.05 bits per heavy atom. The van der Waals surface area contributed by atoms with Crippen molar-refractivity contribution in [2.24, 2.45) is 0 Å². The summed E-state index contributed by atoms with van der Waals surface area (Å²) in [4.78, 5) is 0.0410. The zero-order chi connectivity index (χ0) is 15.2. The zero-order valence-electron chi connectivity index (χ0n) is 10.6. The molecular formula is C11H13BrClNO4S2. The lowest BCUT2D eigenvalue weighted by Gasteiger charge is -2.23. The summed E-state index contributed by atoms with van der Waals surface area (Å²) in [5.41, 5.74) is -0.968. The molecule has 1 aliphatic rings. The topological polar surface area (TPSA) is 80.3 Å². The normalized spacial score (nSPS) is 25.8. The summed E-state index contributed by atoms with van der Waals surface area (Å²) in [5, 5.41) is 0.401. The highest BCUT2D eigenvalue weighted by atomic mass is 79.9. The van der Waals surface area contributed by atoms with Gasteiger partial charge in [0, 0.05) is 10.0 Å². The van der Waals surface area contributed by atoms with Crippen LogP contribution in [0, 0.1) is 0 Å². The number of halogens is 2. The third-order valence-corrected chi connectivity index (χ3v) is 7.84. The molecule has 1 aromatic rings. The van der Waals surface area contributed by atoms with E-state index in [2.05, 4.69) is 20.7 Å². The van der Waals surface area contributed by atoms with Gasteiger partial charge in [0.15, 0.2) is 9.84 Å². The summed E-state index contributed by atoms with van der Waals surface area (Å²) < 4.78 is 50.6. The Balaban J connectivity index is 2.30. The van der Waals surface area contributed by atoms with Crippen molar-refractivity contribution in [1.29, 1.82) is 0 Å². The lowest BCUT2D eigenvalue weighted by Crippen LogP contribution is -2.46. The molecule has 0 aliphatic carbocycles. The van der Waals surface area contributed by atoms with Crippen LogP contribution in [0.2, 0.25) is 5.02 Å². The number of rotatable bonds is 3. The Hall–Kier alpha value is -0.150. The first-order valence-electron chi connectivity index (χ1n) is 5.73. The van der Waals surface area contributed by atoms with E-state index in [4.69, 9.17) is 11.6 Å². The molecule has 1 N–H and O–H groups in total. The fourth-order valence-electron chi connectivity index (χ4n) is 2.12. The van der Waals surface area contributed by atoms with Crippen LogP contribution >= 0.6 is 27.5 Å². The third kappa shape index (κ3) is 3.54. The monoisotopic (exact) mass is 401 g/mol. The minimum atomic E-state index is -3.79. The molecule has 0 saturated carbocycles. The Labute approximate surface area is 131 Å². The van der Waals surface area contributed by atoms with Gasteiger partial charge in [-0.2, -0.15) is 0 Å². The van der Waals surface area contributed by atoms with Crippen molar-refractivity contribution in [1.82, 2.24) is 4.72 Å². The molecule has 112 valence electrons. The van der Waals surface area contributed by atoms with E-state index in [-0.39, 0.29) is 22.8 Å². The van der Waals surface area contributed by atoms with Gasteiger partial charge in [-0.15, -0.1) is 0 Å². The molecule has 2 rings (SSSR count). The van der Waals surface area contributed by atoms with Gasteiger partial charge in [-0.25, -0.2) is 21.6 Å². The van der Waals surface area contributed by atoms with Gasteiger partial charge in [0.05, 0.1) is 21.4 Å². The van der Waals surface area contributed by atoms with Crippen molar-refractivity contribution in [3.63, 3.8) is 0 Å². The van der Waals surface area contributed by atoms with Gasteiger partial charge in [0.1, 0.15) is 0 Å². The number of nitrogens with one attached hydrogen (secondary N) is 1. The smallest absolute Gasteiger partial charge is 0.229 e. The van der Waals surface area contributed by atoms with Crippen molar-refractivity contribution in [3.8, 4) is 0 Å². The number of benzene rings is 1. The van der Waals surface area contributed by atoms with E-state index in [1.165, 1.54) is 18.2 Å². The van der Waals surface area contributed by atoms with Crippen LogP contribution in [0.15, 0.2) is 27.6 Å². The second kappa shape index (κ2) is 5.24. The van der Waals surface area contributed by atoms with E-state index in [1.54, 1.807) is 6.92 Å². The Morgan fingerprint density at radius 1 is 1.40 bits per heavy atom. The quantitative estimate of drug-likeness (QED) is 0.838. The van der Waals surface area contributed by atoms with E-state index in [0.717, 1.165) is 0 Å². The Morgan fingerprint density at radius 3 is 2.55 bits per heavy atom. The second-order valence-corrected chi connectivity index (χ2v) is 10.2. The average molecular weight is 403 g/mol. The third-order valence-electron chi connectivity index (χ3n) is 3.09. The van der Waals surface area contributed by atoms with Crippen molar-refractivity contribution in [3.05, 3.63) is 27.7 Å². The van der Waals surface area contributed by atoms with Gasteiger partial charge < -0.3 is 0 Å². The highest BCUT2D eigenvalue weighted by Crippen LogP contribution is 2.28. The summed E-state index contributed by atoms with van der Waals surface area (Å²) in [6.45, 7) is 1.60. The van der Waals surface area contributed by atoms with Crippen LogP contribution < -0.4 is 4.72 Å². The first kappa shape index (κ1) is 16.2. The molecule has 1 aliphatic heterocycles. The highest BCUT2D eigenvalue weighted by molar-refractivity contribution is 9.10. The van der Waals surface area contributed by atoms with E-state index < -0.39 is 25.4 Å². The van der Waals surface area contributed by atoms with Crippen LogP contribution in [0.4, 0.5) is 0 Å². The maximum Gasteiger partial charge on any atom is 0.241 e. The molecule has 1 unspecified atom stereocenters. The van der Waals surface area contributed by atoms with Crippen LogP contribution in [0.5, 0.6) is 0 Å². The van der Waals surface area contributed by atoms with E-state index in [1.807, 2.05) is 0 Å². The maximum absolute atomic E-state index is 12.3. The highest BCUT2D eigenvalue weighted by Gasteiger charge is 2.41. The van der Waals surface area contributed by atoms with Crippen LogP contribution in [0.25, 0.3) is 0 Å². The fraction of sp³-hybridized carbons (Fsp3) is 0.455. The van der Waals surface area contributed by atoms with Crippen LogP contribution in [-0.2, 0) is 19.9 Å². The molecule has 0 bridgehead atoms. The number of hydrogen-bond acceptors (Lipinski definition) is 4. The molecule has 0 aromatic heterocycles. The lowest BCUT2D eigenvalue weighted by molar-refractivity contribution is 0.462. The molecule has 1 saturated heterocycles. The first-order valence-corrected chi connectivity index (χ1v) is 10.2. The van der Waals surface area contributed by atoms with Crippen LogP contribution in [0.3, 0.4) is 0 Å². The molecular weight excluding hydrogens is 390 g/mol. The molecule has 9 heteroatoms. The van der Waals surface area contributed by atoms with Gasteiger partial charge in [-0.05, 0) is 47.5 Å². The number of hydrogen-bond donors (Lipinski definition) is 1. The zero-order valence-corrected chi connectivity index (χ0v) is 14.5. The summed E-state index contributed by atoms with van der Waals surface area (Å²) in [5.74, 6) is -0.190. The molecule has 5 nitrogen and oxygen atoms in total. The van der Waals surface area contributed by atoms with Crippen molar-refractivity contribution in [2.45, 2.75) is 23.8 Å². The van der Waals surface area contributed by atoms with Gasteiger partial charge in [0.2, 0.25) is 10.0 Å². The summed E-state index contributed by atoms with van der Waals surface area (Å²) >= 11 is 8.99. The van der Waals surface area contributed by atoms with Crippen LogP contribution in [0.1, 0.15) is 13.3 Å². The summed E-state index contributed by atoms with van der Waals surface area (Å²) in [6, 6.07) is 4.23. The Kier molecular flexibility index (Phi) is 4.25. The largest absolute Gasteiger partial charge is 0.241 e. The van der Waals surface area contributed by atoms with Crippen molar-refractivity contribution in [2.75, 3.05) is 11.5 Å². The lowest BCUT2D eigenvalue weighted by atomic mass is 10.0. The van der Waals surface area contributed by atoms with Gasteiger partial charge in [0.25, 0.3) is 0 Å². The molecule has 0 spiro atoms. The summed E-state index contributed by atoms with van der Waals surface area (Å²) in [6.07, 6.45) is 0.267. The van der Waals surface area contributed by atoms with Crippen molar-refractivity contribution >= 4 is 47.4 Å². The molecule has 20 heavy (non-hydrogen) atoms. The van der Waals surface area contributed by atoms with E-state index in [0.29, 0.717) is 9.50 Å². The minimum absolute atomic E-state index is 0.00364. The molecule has 0 radical (unpaired) electrons. The van der Waals surface area contributed by atoms with E-state index >= 15 is 0 Å². The molecule has 1 atom stereocenters. The standard InChI is InChI=1S/C11H13BrClNO4S2/c1-11(4-5-19(15,16)7-11)14-20(17,18)8-2-3-10(13)9(12)6-8/h2-3,6,14H,4-5,7H2,1H3. The van der Waals surface area contributed by atoms with Crippen molar-refractivity contribution < 1.29 is 16.8 Å². The predicted molar refractivity (Wildman–Crippen MR) is 81.1 cm³/mol. The first-order chi connectivity index (χ1) is 9.03.